The van der Waals surface area contributed by atoms with Crippen molar-refractivity contribution in [2.75, 3.05) is 7.11 Å². The van der Waals surface area contributed by atoms with E-state index in [2.05, 4.69) is 0 Å². The smallest absolute Gasteiger partial charge is 0.206 e. The number of sulfone groups is 1. The molecule has 0 fully saturated rings. The maximum Gasteiger partial charge on any atom is 0.206 e. The highest BCUT2D eigenvalue weighted by atomic mass is 32.2. The fraction of sp³-hybridized carbons (Fsp3) is 0.143. The van der Waals surface area contributed by atoms with Crippen molar-refractivity contribution < 1.29 is 17.9 Å². The highest BCUT2D eigenvalue weighted by Crippen LogP contribution is 2.31. The van der Waals surface area contributed by atoms with Crippen molar-refractivity contribution >= 4 is 9.84 Å². The van der Waals surface area contributed by atoms with Crippen LogP contribution in [0.4, 0.5) is 0 Å². The summed E-state index contributed by atoms with van der Waals surface area (Å²) in [5.74, 6) is 2.11. The van der Waals surface area contributed by atoms with Gasteiger partial charge in [-0.3, -0.25) is 0 Å². The second-order valence-corrected chi connectivity index (χ2v) is 9.98. The Hall–Kier alpha value is -3.57. The number of hydrogen-bond acceptors (Lipinski definition) is 4. The van der Waals surface area contributed by atoms with Crippen LogP contribution in [-0.4, -0.2) is 15.5 Å². The van der Waals surface area contributed by atoms with Crippen molar-refractivity contribution in [3.05, 3.63) is 102 Å². The molecule has 5 heteroatoms. The maximum absolute atomic E-state index is 13.1. The summed E-state index contributed by atoms with van der Waals surface area (Å²) < 4.78 is 37.4. The van der Waals surface area contributed by atoms with Gasteiger partial charge in [-0.2, -0.15) is 0 Å². The first-order valence-electron chi connectivity index (χ1n) is 10.6. The Morgan fingerprint density at radius 3 is 1.61 bits per heavy atom. The monoisotopic (exact) mass is 458 g/mol. The van der Waals surface area contributed by atoms with Crippen LogP contribution >= 0.6 is 0 Å². The Morgan fingerprint density at radius 1 is 0.576 bits per heavy atom. The van der Waals surface area contributed by atoms with E-state index < -0.39 is 9.84 Å². The number of hydrogen-bond donors (Lipinski definition) is 0. The average Bonchev–Trinajstić information content (AvgIpc) is 2.82. The van der Waals surface area contributed by atoms with Crippen molar-refractivity contribution in [3.63, 3.8) is 0 Å². The van der Waals surface area contributed by atoms with E-state index in [0.717, 1.165) is 33.6 Å². The number of rotatable bonds is 6. The molecule has 0 amide bonds. The van der Waals surface area contributed by atoms with E-state index in [4.69, 9.17) is 9.47 Å². The molecule has 0 aromatic heterocycles. The van der Waals surface area contributed by atoms with Crippen molar-refractivity contribution in [2.45, 2.75) is 30.6 Å². The van der Waals surface area contributed by atoms with Crippen molar-refractivity contribution in [1.82, 2.24) is 0 Å². The predicted molar refractivity (Wildman–Crippen MR) is 131 cm³/mol. The summed E-state index contributed by atoms with van der Waals surface area (Å²) in [5.41, 5.74) is 4.91. The van der Waals surface area contributed by atoms with E-state index in [1.165, 1.54) is 0 Å². The van der Waals surface area contributed by atoms with Gasteiger partial charge in [0.15, 0.2) is 0 Å². The van der Waals surface area contributed by atoms with Crippen LogP contribution in [0.1, 0.15) is 16.7 Å². The third kappa shape index (κ3) is 4.78. The zero-order valence-electron chi connectivity index (χ0n) is 19.1. The minimum absolute atomic E-state index is 0.255. The van der Waals surface area contributed by atoms with Crippen molar-refractivity contribution in [1.29, 1.82) is 0 Å². The van der Waals surface area contributed by atoms with Crippen LogP contribution in [0.25, 0.3) is 11.1 Å². The molecular formula is C28H26O4S. The molecule has 0 aliphatic heterocycles. The van der Waals surface area contributed by atoms with E-state index in [1.54, 1.807) is 37.4 Å². The fourth-order valence-electron chi connectivity index (χ4n) is 3.55. The molecule has 0 saturated heterocycles. The first kappa shape index (κ1) is 22.6. The lowest BCUT2D eigenvalue weighted by Crippen LogP contribution is -2.03. The fourth-order valence-corrected chi connectivity index (χ4v) is 4.98. The molecule has 0 bridgehead atoms. The van der Waals surface area contributed by atoms with Gasteiger partial charge in [0.2, 0.25) is 9.84 Å². The molecule has 0 radical (unpaired) electrons. The van der Waals surface area contributed by atoms with Gasteiger partial charge in [0, 0.05) is 0 Å². The molecule has 0 aliphatic rings. The molecule has 0 saturated carbocycles. The predicted octanol–water partition coefficient (Wildman–Crippen LogP) is 6.91. The molecule has 4 aromatic carbocycles. The summed E-state index contributed by atoms with van der Waals surface area (Å²) in [4.78, 5) is 0.554. The van der Waals surface area contributed by atoms with Crippen LogP contribution in [0.15, 0.2) is 94.7 Å². The number of benzene rings is 4. The van der Waals surface area contributed by atoms with Gasteiger partial charge in [0.05, 0.1) is 16.9 Å². The van der Waals surface area contributed by atoms with E-state index in [0.29, 0.717) is 16.4 Å². The van der Waals surface area contributed by atoms with Crippen molar-refractivity contribution in [3.8, 4) is 28.4 Å². The number of ether oxygens (including phenoxy) is 2. The molecule has 0 unspecified atom stereocenters. The van der Waals surface area contributed by atoms with Gasteiger partial charge in [-0.15, -0.1) is 0 Å². The maximum atomic E-state index is 13.1. The largest absolute Gasteiger partial charge is 0.497 e. The second-order valence-electron chi connectivity index (χ2n) is 8.03. The summed E-state index contributed by atoms with van der Waals surface area (Å²) in [7, 11) is -1.95. The lowest BCUT2D eigenvalue weighted by atomic mass is 10.1. The Morgan fingerprint density at radius 2 is 1.09 bits per heavy atom. The first-order valence-corrected chi connectivity index (χ1v) is 12.1. The van der Waals surface area contributed by atoms with Gasteiger partial charge in [-0.25, -0.2) is 8.42 Å². The molecule has 4 aromatic rings. The molecule has 0 atom stereocenters. The van der Waals surface area contributed by atoms with Crippen molar-refractivity contribution in [2.24, 2.45) is 0 Å². The average molecular weight is 459 g/mol. The van der Waals surface area contributed by atoms with Crippen LogP contribution in [0.3, 0.4) is 0 Å². The molecule has 4 rings (SSSR count). The summed E-state index contributed by atoms with van der Waals surface area (Å²) in [5, 5.41) is 0. The Labute approximate surface area is 195 Å². The minimum atomic E-state index is -3.60. The van der Waals surface area contributed by atoms with Gasteiger partial charge in [0.25, 0.3) is 0 Å². The zero-order valence-corrected chi connectivity index (χ0v) is 19.9. The number of methoxy groups -OCH3 is 1. The van der Waals surface area contributed by atoms with Gasteiger partial charge in [0.1, 0.15) is 17.2 Å². The highest BCUT2D eigenvalue weighted by Gasteiger charge is 2.19. The Balaban J connectivity index is 1.54. The van der Waals surface area contributed by atoms with Gasteiger partial charge >= 0.3 is 0 Å². The van der Waals surface area contributed by atoms with Crippen LogP contribution in [0, 0.1) is 20.8 Å². The van der Waals surface area contributed by atoms with Crippen LogP contribution in [0.5, 0.6) is 17.2 Å². The molecular weight excluding hydrogens is 432 g/mol. The van der Waals surface area contributed by atoms with E-state index in [1.807, 2.05) is 75.4 Å². The third-order valence-corrected chi connectivity index (χ3v) is 7.50. The van der Waals surface area contributed by atoms with Crippen LogP contribution < -0.4 is 9.47 Å². The Kier molecular flexibility index (Phi) is 6.25. The standard InChI is InChI=1S/C28H26O4S/c1-19-5-14-26(17-20(19)2)33(29,30)27-15-16-28(21(3)18-27)32-25-12-8-23(9-13-25)22-6-10-24(31-4)11-7-22/h5-18H,1-4H3. The summed E-state index contributed by atoms with van der Waals surface area (Å²) >= 11 is 0. The minimum Gasteiger partial charge on any atom is -0.497 e. The topological polar surface area (TPSA) is 52.6 Å². The lowest BCUT2D eigenvalue weighted by Gasteiger charge is -2.12. The van der Waals surface area contributed by atoms with Gasteiger partial charge < -0.3 is 9.47 Å². The third-order valence-electron chi connectivity index (χ3n) is 5.75. The van der Waals surface area contributed by atoms with Crippen LogP contribution in [-0.2, 0) is 9.84 Å². The highest BCUT2D eigenvalue weighted by molar-refractivity contribution is 7.91. The molecule has 0 N–H and O–H groups in total. The summed E-state index contributed by atoms with van der Waals surface area (Å²) in [6.07, 6.45) is 0. The summed E-state index contributed by atoms with van der Waals surface area (Å²) in [6.45, 7) is 5.72. The van der Waals surface area contributed by atoms with E-state index >= 15 is 0 Å². The summed E-state index contributed by atoms with van der Waals surface area (Å²) in [6, 6.07) is 25.8. The molecule has 33 heavy (non-hydrogen) atoms. The van der Waals surface area contributed by atoms with Crippen LogP contribution in [0.2, 0.25) is 0 Å². The second kappa shape index (κ2) is 9.12. The first-order chi connectivity index (χ1) is 15.8. The Bertz CT molecular complexity index is 1390. The normalized spacial score (nSPS) is 11.3. The zero-order chi connectivity index (χ0) is 23.6. The molecule has 4 nitrogen and oxygen atoms in total. The van der Waals surface area contributed by atoms with Gasteiger partial charge in [-0.05, 0) is 103 Å². The van der Waals surface area contributed by atoms with Gasteiger partial charge in [-0.1, -0.05) is 30.3 Å². The SMILES string of the molecule is COc1ccc(-c2ccc(Oc3ccc(S(=O)(=O)c4ccc(C)c(C)c4)cc3C)cc2)cc1. The molecule has 0 heterocycles. The van der Waals surface area contributed by atoms with E-state index in [-0.39, 0.29) is 4.90 Å². The molecule has 0 spiro atoms. The number of aryl methyl sites for hydroxylation is 3. The van der Waals surface area contributed by atoms with E-state index in [9.17, 15) is 8.42 Å². The quantitative estimate of drug-likeness (QED) is 0.315. The lowest BCUT2D eigenvalue weighted by molar-refractivity contribution is 0.415. The molecule has 0 aliphatic carbocycles. The molecule has 168 valence electrons.